The van der Waals surface area contributed by atoms with Gasteiger partial charge in [-0.15, -0.1) is 0 Å². The zero-order valence-corrected chi connectivity index (χ0v) is 53.9. The van der Waals surface area contributed by atoms with Crippen LogP contribution in [0.15, 0.2) is 0 Å². The number of ether oxygens (including phenoxy) is 19. The summed E-state index contributed by atoms with van der Waals surface area (Å²) in [6, 6.07) is 0. The van der Waals surface area contributed by atoms with Crippen LogP contribution in [0.1, 0.15) is 96.8 Å². The van der Waals surface area contributed by atoms with Crippen LogP contribution >= 0.6 is 0 Å². The van der Waals surface area contributed by atoms with Crippen LogP contribution in [0.3, 0.4) is 0 Å². The second-order valence-corrected chi connectivity index (χ2v) is 19.7. The van der Waals surface area contributed by atoms with Crippen LogP contribution in [0.2, 0.25) is 0 Å². The minimum atomic E-state index is -4.18. The second kappa shape index (κ2) is 77.2. The molecule has 0 aliphatic heterocycles. The molecule has 0 amide bonds. The van der Waals surface area contributed by atoms with E-state index in [4.69, 9.17) is 99.8 Å². The molecule has 0 fully saturated rings. The Hall–Kier alpha value is 0.0700. The third-order valence-electron chi connectivity index (χ3n) is 11.1. The summed E-state index contributed by atoms with van der Waals surface area (Å²) in [7, 11) is -4.18. The van der Waals surface area contributed by atoms with Gasteiger partial charge in [0.15, 0.2) is 0 Å². The number of hydrogen-bond donors (Lipinski definition) is 0. The Labute approximate surface area is 516 Å². The van der Waals surface area contributed by atoms with Crippen molar-refractivity contribution in [2.75, 3.05) is 270 Å². The van der Waals surface area contributed by atoms with Crippen molar-refractivity contribution < 1.29 is 142 Å². The Morgan fingerprint density at radius 2 is 0.366 bits per heavy atom. The predicted octanol–water partition coefficient (Wildman–Crippen LogP) is 2.28. The Morgan fingerprint density at radius 3 is 0.585 bits per heavy atom. The summed E-state index contributed by atoms with van der Waals surface area (Å²) < 4.78 is 137. The molecule has 26 heteroatoms. The molecule has 0 saturated carbocycles. The molecule has 24 nitrogen and oxygen atoms in total. The van der Waals surface area contributed by atoms with Gasteiger partial charge in [0.05, 0.1) is 248 Å². The fourth-order valence-electron chi connectivity index (χ4n) is 6.69. The fraction of sp³-hybridized carbons (Fsp3) is 1.00. The second-order valence-electron chi connectivity index (χ2n) is 18.1. The molecule has 0 atom stereocenters. The van der Waals surface area contributed by atoms with Gasteiger partial charge >= 0.3 is 29.6 Å². The average Bonchev–Trinajstić information content (AvgIpc) is 3.45. The zero-order valence-electron chi connectivity index (χ0n) is 51.1. The summed E-state index contributed by atoms with van der Waals surface area (Å²) in [6.45, 7) is 22.3. The van der Waals surface area contributed by atoms with E-state index in [0.29, 0.717) is 251 Å². The monoisotopic (exact) mass is 1220 g/mol. The molecule has 0 saturated heterocycles. The molecule has 0 radical (unpaired) electrons. The molecule has 0 unspecified atom stereocenters. The molecule has 0 rings (SSSR count). The van der Waals surface area contributed by atoms with E-state index in [-0.39, 0.29) is 49.2 Å². The van der Waals surface area contributed by atoms with Crippen LogP contribution in [0.4, 0.5) is 0 Å². The molecule has 488 valence electrons. The SMILES string of the molecule is CCCCCCCCCCCCOCCOCCOCCOCCOCCOCCOCCOCCOCCOCCCCOCCOCCOCCOCCOCCOCCOCCOCCOCCOOCCCCS(=O)(=O)[O-].[Na+]. The quantitative estimate of drug-likeness (QED) is 0.0278. The van der Waals surface area contributed by atoms with Crippen LogP contribution in [-0.4, -0.2) is 283 Å². The first kappa shape index (κ1) is 84.1. The number of rotatable bonds is 76. The van der Waals surface area contributed by atoms with E-state index in [9.17, 15) is 13.0 Å². The van der Waals surface area contributed by atoms with Gasteiger partial charge in [-0.2, -0.15) is 0 Å². The van der Waals surface area contributed by atoms with Gasteiger partial charge in [-0.05, 0) is 32.1 Å². The van der Waals surface area contributed by atoms with Crippen molar-refractivity contribution in [2.45, 2.75) is 96.8 Å². The van der Waals surface area contributed by atoms with E-state index in [1.165, 1.54) is 57.8 Å². The summed E-state index contributed by atoms with van der Waals surface area (Å²) in [5.74, 6) is -0.400. The standard InChI is InChI=1S/C56H114O24S.Na/c1-2-3-4-5-6-7-8-9-10-11-16-60-20-23-63-26-29-66-32-35-69-38-41-72-44-45-73-42-39-70-36-33-67-30-27-64-24-21-61-17-12-13-18-62-22-25-65-28-31-68-34-37-71-40-43-74-46-47-75-48-49-76-50-51-77-52-53-78-54-55-80-79-19-14-15-56-81(57,58)59;/h2-56H2,1H3,(H,57,58,59);/q;+1/p-1. The molecule has 82 heavy (non-hydrogen) atoms. The van der Waals surface area contributed by atoms with Gasteiger partial charge in [0.1, 0.15) is 6.61 Å². The van der Waals surface area contributed by atoms with Crippen molar-refractivity contribution in [3.63, 3.8) is 0 Å². The molecule has 0 N–H and O–H groups in total. The van der Waals surface area contributed by atoms with E-state index in [0.717, 1.165) is 25.9 Å². The van der Waals surface area contributed by atoms with Gasteiger partial charge in [-0.3, -0.25) is 0 Å². The molecule has 0 aromatic carbocycles. The molecule has 0 spiro atoms. The van der Waals surface area contributed by atoms with Crippen LogP contribution in [-0.2, 0) is 110 Å². The van der Waals surface area contributed by atoms with E-state index in [2.05, 4.69) is 6.92 Å². The Bertz CT molecular complexity index is 1240. The zero-order chi connectivity index (χ0) is 58.2. The van der Waals surface area contributed by atoms with Gasteiger partial charge in [0.25, 0.3) is 0 Å². The molecule has 0 aromatic heterocycles. The normalized spacial score (nSPS) is 11.8. The summed E-state index contributed by atoms with van der Waals surface area (Å²) in [5, 5.41) is 0. The third kappa shape index (κ3) is 82.1. The molecule has 0 aliphatic carbocycles. The van der Waals surface area contributed by atoms with Crippen molar-refractivity contribution in [3.05, 3.63) is 0 Å². The van der Waals surface area contributed by atoms with Crippen LogP contribution in [0, 0.1) is 0 Å². The van der Waals surface area contributed by atoms with Crippen molar-refractivity contribution in [1.29, 1.82) is 0 Å². The first-order valence-corrected chi connectivity index (χ1v) is 31.8. The van der Waals surface area contributed by atoms with Crippen molar-refractivity contribution in [2.24, 2.45) is 0 Å². The molecule has 0 heterocycles. The first-order chi connectivity index (χ1) is 40.1. The number of unbranched alkanes of at least 4 members (excludes halogenated alkanes) is 11. The first-order valence-electron chi connectivity index (χ1n) is 30.2. The smallest absolute Gasteiger partial charge is 0.748 e. The molecule has 0 bridgehead atoms. The van der Waals surface area contributed by atoms with Crippen LogP contribution in [0.25, 0.3) is 0 Å². The predicted molar refractivity (Wildman–Crippen MR) is 302 cm³/mol. The van der Waals surface area contributed by atoms with Gasteiger partial charge in [-0.1, -0.05) is 64.7 Å². The van der Waals surface area contributed by atoms with E-state index < -0.39 is 15.9 Å². The average molecular weight is 1230 g/mol. The number of hydrogen-bond acceptors (Lipinski definition) is 24. The van der Waals surface area contributed by atoms with E-state index in [1.807, 2.05) is 0 Å². The van der Waals surface area contributed by atoms with E-state index in [1.54, 1.807) is 0 Å². The minimum absolute atomic E-state index is 0. The summed E-state index contributed by atoms with van der Waals surface area (Å²) in [6.07, 6.45) is 15.8. The maximum Gasteiger partial charge on any atom is 1.00 e. The molecule has 0 aromatic rings. The summed E-state index contributed by atoms with van der Waals surface area (Å²) in [5.41, 5.74) is 0. The third-order valence-corrected chi connectivity index (χ3v) is 11.8. The van der Waals surface area contributed by atoms with Gasteiger partial charge in [-0.25, -0.2) is 18.2 Å². The van der Waals surface area contributed by atoms with Gasteiger partial charge in [0.2, 0.25) is 0 Å². The summed E-state index contributed by atoms with van der Waals surface area (Å²) in [4.78, 5) is 9.78. The fourth-order valence-corrected chi connectivity index (χ4v) is 7.25. The maximum atomic E-state index is 10.5. The molecular formula is C56H113NaO24S. The Kier molecular flexibility index (Phi) is 79.2. The van der Waals surface area contributed by atoms with E-state index >= 15 is 0 Å². The van der Waals surface area contributed by atoms with Crippen LogP contribution in [0.5, 0.6) is 0 Å². The maximum absolute atomic E-state index is 10.5. The Morgan fingerprint density at radius 1 is 0.207 bits per heavy atom. The van der Waals surface area contributed by atoms with Gasteiger partial charge < -0.3 is 94.6 Å². The minimum Gasteiger partial charge on any atom is -0.748 e. The largest absolute Gasteiger partial charge is 1.00 e. The molecule has 0 aliphatic rings. The van der Waals surface area contributed by atoms with Crippen molar-refractivity contribution in [1.82, 2.24) is 0 Å². The topological polar surface area (TPSA) is 251 Å². The Balaban J connectivity index is 0. The summed E-state index contributed by atoms with van der Waals surface area (Å²) >= 11 is 0. The van der Waals surface area contributed by atoms with Crippen molar-refractivity contribution >= 4 is 10.1 Å². The molecular weight excluding hydrogens is 1110 g/mol. The van der Waals surface area contributed by atoms with Gasteiger partial charge in [0, 0.05) is 25.6 Å². The van der Waals surface area contributed by atoms with Crippen molar-refractivity contribution in [3.8, 4) is 0 Å². The van der Waals surface area contributed by atoms with Crippen LogP contribution < -0.4 is 29.6 Å².